The highest BCUT2D eigenvalue weighted by atomic mass is 32.1. The van der Waals surface area contributed by atoms with Crippen LogP contribution in [0, 0.1) is 10.1 Å². The van der Waals surface area contributed by atoms with Crippen LogP contribution >= 0.6 is 11.5 Å². The Morgan fingerprint density at radius 3 is 2.79 bits per heavy atom. The fraction of sp³-hybridized carbons (Fsp3) is 0.238. The van der Waals surface area contributed by atoms with Crippen LogP contribution in [0.2, 0.25) is 0 Å². The summed E-state index contributed by atoms with van der Waals surface area (Å²) in [5, 5.41) is 26.5. The van der Waals surface area contributed by atoms with E-state index in [0.29, 0.717) is 58.5 Å². The van der Waals surface area contributed by atoms with E-state index in [4.69, 9.17) is 9.47 Å². The predicted octanol–water partition coefficient (Wildman–Crippen LogP) is 5.20. The summed E-state index contributed by atoms with van der Waals surface area (Å²) in [5.74, 6) is 0.204. The predicted molar refractivity (Wildman–Crippen MR) is 127 cm³/mol. The highest BCUT2D eigenvalue weighted by molar-refractivity contribution is 7.11. The molecule has 1 heterocycles. The number of amides is 1. The average molecular weight is 471 g/mol. The fourth-order valence-electron chi connectivity index (χ4n) is 2.82. The Bertz CT molecular complexity index is 1210. The van der Waals surface area contributed by atoms with Gasteiger partial charge in [-0.1, -0.05) is 6.08 Å². The number of aromatic nitrogens is 1. The number of benzene rings is 2. The van der Waals surface area contributed by atoms with Crippen LogP contribution in [0.5, 0.6) is 5.75 Å². The van der Waals surface area contributed by atoms with Gasteiger partial charge in [0.25, 0.3) is 5.69 Å². The largest absolute Gasteiger partial charge is 0.489 e. The first-order chi connectivity index (χ1) is 15.9. The van der Waals surface area contributed by atoms with E-state index in [2.05, 4.69) is 31.8 Å². The lowest BCUT2D eigenvalue weighted by atomic mass is 10.2. The number of hydrogen-bond donors (Lipinski definition) is 2. The van der Waals surface area contributed by atoms with E-state index in [1.165, 1.54) is 19.1 Å². The number of carbonyl (C=O) groups is 1. The Labute approximate surface area is 193 Å². The first kappa shape index (κ1) is 23.8. The molecule has 3 rings (SSSR count). The molecule has 0 aliphatic heterocycles. The number of hydrogen-bond acceptors (Lipinski definition) is 10. The summed E-state index contributed by atoms with van der Waals surface area (Å²) in [7, 11) is 1.57. The van der Waals surface area contributed by atoms with Gasteiger partial charge in [0.15, 0.2) is 5.00 Å². The molecule has 1 amide bonds. The van der Waals surface area contributed by atoms with Gasteiger partial charge in [0.1, 0.15) is 18.0 Å². The van der Waals surface area contributed by atoms with Gasteiger partial charge in [0.2, 0.25) is 5.91 Å². The van der Waals surface area contributed by atoms with Crippen LogP contribution in [-0.2, 0) is 9.53 Å². The van der Waals surface area contributed by atoms with E-state index in [9.17, 15) is 14.9 Å². The third-order valence-corrected chi connectivity index (χ3v) is 5.05. The summed E-state index contributed by atoms with van der Waals surface area (Å²) in [5.41, 5.74) is 1.90. The van der Waals surface area contributed by atoms with Crippen molar-refractivity contribution >= 4 is 56.1 Å². The van der Waals surface area contributed by atoms with Gasteiger partial charge >= 0.3 is 0 Å². The van der Waals surface area contributed by atoms with Crippen molar-refractivity contribution in [3.05, 3.63) is 53.1 Å². The van der Waals surface area contributed by atoms with Crippen LogP contribution in [0.25, 0.3) is 10.9 Å². The SMILES string of the molecule is C=CCNc1cc(NC(C)=O)c(N=Nc2snc3ccc([N+](=O)[O-])cc23)cc1OCCOC. The summed E-state index contributed by atoms with van der Waals surface area (Å²) < 4.78 is 15.1. The Kier molecular flexibility index (Phi) is 8.00. The molecule has 0 aliphatic carbocycles. The number of nitro benzene ring substituents is 1. The maximum absolute atomic E-state index is 11.8. The molecule has 0 unspecified atom stereocenters. The van der Waals surface area contributed by atoms with Gasteiger partial charge in [-0.05, 0) is 23.7 Å². The molecule has 0 fully saturated rings. The van der Waals surface area contributed by atoms with Crippen molar-refractivity contribution in [3.63, 3.8) is 0 Å². The van der Waals surface area contributed by atoms with E-state index < -0.39 is 4.92 Å². The lowest BCUT2D eigenvalue weighted by Crippen LogP contribution is -2.10. The van der Waals surface area contributed by atoms with Crippen molar-refractivity contribution in [2.45, 2.75) is 6.92 Å². The molecule has 1 aromatic heterocycles. The summed E-state index contributed by atoms with van der Waals surface area (Å²) in [6.45, 7) is 6.25. The van der Waals surface area contributed by atoms with Gasteiger partial charge in [0.05, 0.1) is 28.4 Å². The van der Waals surface area contributed by atoms with Crippen LogP contribution in [0.4, 0.5) is 27.8 Å². The van der Waals surface area contributed by atoms with Crippen LogP contribution in [-0.4, -0.2) is 42.1 Å². The number of ether oxygens (including phenoxy) is 2. The van der Waals surface area contributed by atoms with Crippen molar-refractivity contribution in [3.8, 4) is 5.75 Å². The second-order valence-electron chi connectivity index (χ2n) is 6.70. The first-order valence-electron chi connectivity index (χ1n) is 9.80. The summed E-state index contributed by atoms with van der Waals surface area (Å²) >= 11 is 1.07. The molecule has 12 heteroatoms. The molecule has 0 bridgehead atoms. The zero-order chi connectivity index (χ0) is 23.8. The zero-order valence-electron chi connectivity index (χ0n) is 18.0. The zero-order valence-corrected chi connectivity index (χ0v) is 18.8. The van der Waals surface area contributed by atoms with Gasteiger partial charge in [-0.25, -0.2) is 0 Å². The van der Waals surface area contributed by atoms with Crippen molar-refractivity contribution in [1.82, 2.24) is 4.37 Å². The third kappa shape index (κ3) is 6.08. The Hall–Kier alpha value is -3.90. The number of nitrogens with zero attached hydrogens (tertiary/aromatic N) is 4. The first-order valence-corrected chi connectivity index (χ1v) is 10.6. The maximum atomic E-state index is 11.8. The lowest BCUT2D eigenvalue weighted by molar-refractivity contribution is -0.384. The number of fused-ring (bicyclic) bond motifs is 1. The molecule has 0 saturated carbocycles. The number of nitro groups is 1. The minimum atomic E-state index is -0.481. The summed E-state index contributed by atoms with van der Waals surface area (Å²) in [6.07, 6.45) is 1.69. The Morgan fingerprint density at radius 1 is 1.27 bits per heavy atom. The standard InChI is InChI=1S/C21H22N6O5S/c1-4-7-22-19-11-17(23-13(2)28)18(12-20(19)32-9-8-31-3)24-25-21-15-10-14(27(29)30)5-6-16(15)26-33-21/h4-6,10-12,22H,1,7-9H2,2-3H3,(H,23,28). The van der Waals surface area contributed by atoms with E-state index in [-0.39, 0.29) is 11.6 Å². The second-order valence-corrected chi connectivity index (χ2v) is 7.46. The van der Waals surface area contributed by atoms with Crippen molar-refractivity contribution in [2.24, 2.45) is 10.2 Å². The molecule has 0 aliphatic rings. The highest BCUT2D eigenvalue weighted by Crippen LogP contribution is 2.39. The van der Waals surface area contributed by atoms with Crippen molar-refractivity contribution in [1.29, 1.82) is 0 Å². The smallest absolute Gasteiger partial charge is 0.270 e. The molecule has 0 saturated heterocycles. The molecule has 0 radical (unpaired) electrons. The molecule has 2 aromatic carbocycles. The second kappa shape index (κ2) is 11.1. The lowest BCUT2D eigenvalue weighted by Gasteiger charge is -2.16. The van der Waals surface area contributed by atoms with Crippen LogP contribution < -0.4 is 15.4 Å². The monoisotopic (exact) mass is 470 g/mol. The quantitative estimate of drug-likeness (QED) is 0.129. The topological polar surface area (TPSA) is 140 Å². The molecule has 172 valence electrons. The molecule has 2 N–H and O–H groups in total. The van der Waals surface area contributed by atoms with Gasteiger partial charge in [-0.3, -0.25) is 14.9 Å². The number of methoxy groups -OCH3 is 1. The number of non-ortho nitro benzene ring substituents is 1. The number of anilines is 2. The number of azo groups is 1. The Balaban J connectivity index is 2.03. The number of rotatable bonds is 11. The normalized spacial score (nSPS) is 11.0. The van der Waals surface area contributed by atoms with Crippen molar-refractivity contribution in [2.75, 3.05) is 37.5 Å². The molecule has 3 aromatic rings. The van der Waals surface area contributed by atoms with Crippen molar-refractivity contribution < 1.29 is 19.2 Å². The molecular weight excluding hydrogens is 448 g/mol. The van der Waals surface area contributed by atoms with E-state index >= 15 is 0 Å². The highest BCUT2D eigenvalue weighted by Gasteiger charge is 2.15. The summed E-state index contributed by atoms with van der Waals surface area (Å²) in [6, 6.07) is 7.69. The number of carbonyl (C=O) groups excluding carboxylic acids is 1. The van der Waals surface area contributed by atoms with E-state index in [1.54, 1.807) is 31.4 Å². The van der Waals surface area contributed by atoms with Crippen LogP contribution in [0.15, 0.2) is 53.2 Å². The Morgan fingerprint density at radius 2 is 2.09 bits per heavy atom. The minimum Gasteiger partial charge on any atom is -0.489 e. The third-order valence-electron chi connectivity index (χ3n) is 4.29. The van der Waals surface area contributed by atoms with E-state index in [1.807, 2.05) is 0 Å². The van der Waals surface area contributed by atoms with Crippen LogP contribution in [0.3, 0.4) is 0 Å². The van der Waals surface area contributed by atoms with Crippen LogP contribution in [0.1, 0.15) is 6.92 Å². The average Bonchev–Trinajstić information content (AvgIpc) is 3.19. The minimum absolute atomic E-state index is 0.0652. The maximum Gasteiger partial charge on any atom is 0.270 e. The molecular formula is C21H22N6O5S. The number of nitrogens with one attached hydrogen (secondary N) is 2. The van der Waals surface area contributed by atoms with Gasteiger partial charge < -0.3 is 20.1 Å². The molecule has 33 heavy (non-hydrogen) atoms. The van der Waals surface area contributed by atoms with Gasteiger partial charge in [-0.2, -0.15) is 4.37 Å². The van der Waals surface area contributed by atoms with E-state index in [0.717, 1.165) is 11.5 Å². The van der Waals surface area contributed by atoms with Gasteiger partial charge in [0, 0.05) is 44.2 Å². The molecule has 0 spiro atoms. The van der Waals surface area contributed by atoms with Gasteiger partial charge in [-0.15, -0.1) is 16.8 Å². The molecule has 0 atom stereocenters. The fourth-order valence-corrected chi connectivity index (χ4v) is 3.50. The summed E-state index contributed by atoms with van der Waals surface area (Å²) in [4.78, 5) is 22.4. The molecule has 11 nitrogen and oxygen atoms in total.